The summed E-state index contributed by atoms with van der Waals surface area (Å²) in [6.07, 6.45) is 0.738. The summed E-state index contributed by atoms with van der Waals surface area (Å²) in [4.78, 5) is 13.7. The number of nitrogens with one attached hydrogen (secondary N) is 2. The van der Waals surface area contributed by atoms with Gasteiger partial charge >= 0.3 is 0 Å². The van der Waals surface area contributed by atoms with Crippen molar-refractivity contribution in [1.29, 1.82) is 0 Å². The van der Waals surface area contributed by atoms with Gasteiger partial charge in [0.25, 0.3) is 0 Å². The van der Waals surface area contributed by atoms with Crippen LogP contribution in [-0.4, -0.2) is 12.5 Å². The molecule has 2 aliphatic heterocycles. The maximum atomic E-state index is 14.2. The fourth-order valence-electron chi connectivity index (χ4n) is 5.14. The number of fused-ring (bicyclic) bond motifs is 2. The van der Waals surface area contributed by atoms with Crippen LogP contribution in [0.1, 0.15) is 35.1 Å². The van der Waals surface area contributed by atoms with Gasteiger partial charge in [-0.2, -0.15) is 0 Å². The Morgan fingerprint density at radius 1 is 0.933 bits per heavy atom. The number of carbonyl (C=O) groups excluding carboxylic acids is 1. The quantitative estimate of drug-likeness (QED) is 0.525. The fraction of sp³-hybridized carbons (Fsp3) is 0.208. The molecule has 0 saturated carbocycles. The Labute approximate surface area is 184 Å². The zero-order valence-corrected chi connectivity index (χ0v) is 17.5. The van der Waals surface area contributed by atoms with E-state index in [0.29, 0.717) is 22.3 Å². The highest BCUT2D eigenvalue weighted by molar-refractivity contribution is 6.31. The van der Waals surface area contributed by atoms with E-state index in [1.165, 1.54) is 12.1 Å². The van der Waals surface area contributed by atoms with Crippen LogP contribution in [0, 0.1) is 5.82 Å². The highest BCUT2D eigenvalue weighted by Gasteiger charge is 2.59. The average Bonchev–Trinajstić information content (AvgIpc) is 2.99. The first-order valence-electron chi connectivity index (χ1n) is 9.86. The topological polar surface area (TPSA) is 41.1 Å². The molecule has 3 aromatic rings. The van der Waals surface area contributed by atoms with Crippen molar-refractivity contribution >= 4 is 34.8 Å². The number of hydrogen-bond donors (Lipinski definition) is 2. The molecule has 1 spiro atoms. The first-order chi connectivity index (χ1) is 14.5. The fourth-order valence-corrected chi connectivity index (χ4v) is 5.51. The van der Waals surface area contributed by atoms with Crippen LogP contribution in [0.3, 0.4) is 0 Å². The average molecular weight is 441 g/mol. The van der Waals surface area contributed by atoms with Crippen molar-refractivity contribution in [3.05, 3.63) is 99.3 Å². The molecular weight excluding hydrogens is 422 g/mol. The summed E-state index contributed by atoms with van der Waals surface area (Å²) in [5.74, 6) is -0.594. The lowest BCUT2D eigenvalue weighted by molar-refractivity contribution is -0.123. The molecule has 0 aromatic heterocycles. The second-order valence-electron chi connectivity index (χ2n) is 7.85. The van der Waals surface area contributed by atoms with E-state index in [2.05, 4.69) is 10.6 Å². The summed E-state index contributed by atoms with van der Waals surface area (Å²) in [6, 6.07) is 19.2. The van der Waals surface area contributed by atoms with Gasteiger partial charge in [-0.05, 0) is 66.1 Å². The Morgan fingerprint density at radius 3 is 2.50 bits per heavy atom. The lowest BCUT2D eigenvalue weighted by Gasteiger charge is -2.47. The van der Waals surface area contributed by atoms with E-state index in [1.807, 2.05) is 36.4 Å². The minimum absolute atomic E-state index is 0.119. The number of anilines is 1. The maximum absolute atomic E-state index is 14.2. The van der Waals surface area contributed by atoms with Crippen molar-refractivity contribution < 1.29 is 9.18 Å². The van der Waals surface area contributed by atoms with Crippen molar-refractivity contribution in [2.45, 2.75) is 23.8 Å². The van der Waals surface area contributed by atoms with Crippen LogP contribution in [0.25, 0.3) is 0 Å². The third-order valence-electron chi connectivity index (χ3n) is 6.27. The predicted octanol–water partition coefficient (Wildman–Crippen LogP) is 5.84. The Kier molecular flexibility index (Phi) is 4.81. The molecule has 0 radical (unpaired) electrons. The molecule has 3 aromatic carbocycles. The van der Waals surface area contributed by atoms with Crippen LogP contribution >= 0.6 is 23.2 Å². The Bertz CT molecular complexity index is 1100. The van der Waals surface area contributed by atoms with Gasteiger partial charge in [-0.1, -0.05) is 53.5 Å². The second-order valence-corrected chi connectivity index (χ2v) is 8.72. The van der Waals surface area contributed by atoms with E-state index in [1.54, 1.807) is 18.2 Å². The highest BCUT2D eigenvalue weighted by Crippen LogP contribution is 2.57. The van der Waals surface area contributed by atoms with Crippen molar-refractivity contribution in [2.75, 3.05) is 11.9 Å². The monoisotopic (exact) mass is 440 g/mol. The summed E-state index contributed by atoms with van der Waals surface area (Å²) < 4.78 is 14.2. The summed E-state index contributed by atoms with van der Waals surface area (Å²) in [7, 11) is 0. The van der Waals surface area contributed by atoms with E-state index in [-0.39, 0.29) is 17.6 Å². The van der Waals surface area contributed by atoms with Gasteiger partial charge in [-0.25, -0.2) is 4.39 Å². The van der Waals surface area contributed by atoms with Crippen LogP contribution < -0.4 is 10.6 Å². The van der Waals surface area contributed by atoms with Gasteiger partial charge in [0.1, 0.15) is 11.2 Å². The van der Waals surface area contributed by atoms with E-state index >= 15 is 0 Å². The third-order valence-corrected chi connectivity index (χ3v) is 6.74. The number of rotatable bonds is 2. The molecule has 1 amide bonds. The van der Waals surface area contributed by atoms with Gasteiger partial charge in [-0.3, -0.25) is 4.79 Å². The molecule has 6 heteroatoms. The predicted molar refractivity (Wildman–Crippen MR) is 118 cm³/mol. The van der Waals surface area contributed by atoms with Crippen LogP contribution in [0.2, 0.25) is 10.0 Å². The Balaban J connectivity index is 1.78. The molecule has 30 heavy (non-hydrogen) atoms. The first-order valence-corrected chi connectivity index (χ1v) is 10.6. The molecule has 2 aliphatic rings. The van der Waals surface area contributed by atoms with E-state index in [9.17, 15) is 9.18 Å². The molecule has 0 bridgehead atoms. The maximum Gasteiger partial charge on any atom is 0.237 e. The van der Waals surface area contributed by atoms with Gasteiger partial charge in [-0.15, -0.1) is 0 Å². The molecule has 2 N–H and O–H groups in total. The van der Waals surface area contributed by atoms with Crippen molar-refractivity contribution in [2.24, 2.45) is 0 Å². The van der Waals surface area contributed by atoms with Gasteiger partial charge in [0, 0.05) is 21.7 Å². The summed E-state index contributed by atoms with van der Waals surface area (Å²) in [5, 5.41) is 7.72. The van der Waals surface area contributed by atoms with E-state index in [0.717, 1.165) is 23.1 Å². The minimum atomic E-state index is -0.962. The standard InChI is InChI=1S/C24H19Cl2FN2O/c25-16-5-1-3-14(11-16)19-9-10-28-22(15-4-2-6-18(27)12-15)24(19)20-8-7-17(26)13-21(20)29-23(24)30/h1-8,11-13,19,22,28H,9-10H2,(H,29,30). The minimum Gasteiger partial charge on any atom is -0.325 e. The van der Waals surface area contributed by atoms with Crippen molar-refractivity contribution in [1.82, 2.24) is 5.32 Å². The molecule has 2 heterocycles. The summed E-state index contributed by atoms with van der Waals surface area (Å²) in [6.45, 7) is 0.691. The molecule has 152 valence electrons. The van der Waals surface area contributed by atoms with Crippen molar-refractivity contribution in [3.8, 4) is 0 Å². The number of hydrogen-bond acceptors (Lipinski definition) is 2. The molecule has 3 unspecified atom stereocenters. The Hall–Kier alpha value is -2.40. The SMILES string of the molecule is O=C1Nc2cc(Cl)ccc2C12C(c1cccc(Cl)c1)CCNC2c1cccc(F)c1. The molecule has 1 saturated heterocycles. The van der Waals surface area contributed by atoms with Gasteiger partial charge in [0.15, 0.2) is 0 Å². The number of benzene rings is 3. The number of piperidine rings is 1. The van der Waals surface area contributed by atoms with E-state index in [4.69, 9.17) is 23.2 Å². The lowest BCUT2D eigenvalue weighted by atomic mass is 9.59. The molecule has 0 aliphatic carbocycles. The van der Waals surface area contributed by atoms with Crippen LogP contribution in [0.15, 0.2) is 66.7 Å². The van der Waals surface area contributed by atoms with Crippen molar-refractivity contribution in [3.63, 3.8) is 0 Å². The largest absolute Gasteiger partial charge is 0.325 e. The number of carbonyl (C=O) groups is 1. The van der Waals surface area contributed by atoms with Crippen LogP contribution in [0.4, 0.5) is 10.1 Å². The lowest BCUT2D eigenvalue weighted by Crippen LogP contribution is -2.55. The van der Waals surface area contributed by atoms with Gasteiger partial charge < -0.3 is 10.6 Å². The molecule has 3 atom stereocenters. The van der Waals surface area contributed by atoms with E-state index < -0.39 is 11.5 Å². The van der Waals surface area contributed by atoms with Crippen LogP contribution in [-0.2, 0) is 10.2 Å². The number of halogens is 3. The smallest absolute Gasteiger partial charge is 0.237 e. The normalized spacial score (nSPS) is 25.2. The number of amides is 1. The second kappa shape index (κ2) is 7.38. The van der Waals surface area contributed by atoms with Gasteiger partial charge in [0.05, 0.1) is 6.04 Å². The third kappa shape index (κ3) is 2.94. The zero-order valence-electron chi connectivity index (χ0n) is 16.0. The molecular formula is C24H19Cl2FN2O. The molecule has 5 rings (SSSR count). The molecule has 1 fully saturated rings. The highest BCUT2D eigenvalue weighted by atomic mass is 35.5. The zero-order chi connectivity index (χ0) is 20.9. The Morgan fingerprint density at radius 2 is 1.70 bits per heavy atom. The van der Waals surface area contributed by atoms with Crippen LogP contribution in [0.5, 0.6) is 0 Å². The summed E-state index contributed by atoms with van der Waals surface area (Å²) in [5.41, 5.74) is 2.33. The van der Waals surface area contributed by atoms with Gasteiger partial charge in [0.2, 0.25) is 5.91 Å². The first kappa shape index (κ1) is 19.6. The summed E-state index contributed by atoms with van der Waals surface area (Å²) >= 11 is 12.5. The molecule has 3 nitrogen and oxygen atoms in total.